The Morgan fingerprint density at radius 2 is 1.00 bits per heavy atom. The van der Waals surface area contributed by atoms with Crippen molar-refractivity contribution in [2.45, 2.75) is 48.8 Å². The van der Waals surface area contributed by atoms with E-state index in [1.165, 1.54) is 21.1 Å². The summed E-state index contributed by atoms with van der Waals surface area (Å²) >= 11 is 1.63. The van der Waals surface area contributed by atoms with Crippen molar-refractivity contribution in [3.8, 4) is 0 Å². The van der Waals surface area contributed by atoms with Gasteiger partial charge in [0.15, 0.2) is 0 Å². The van der Waals surface area contributed by atoms with E-state index < -0.39 is 7.60 Å². The fourth-order valence-electron chi connectivity index (χ4n) is 0.577. The average molecular weight is 264 g/mol. The van der Waals surface area contributed by atoms with Crippen molar-refractivity contribution in [3.63, 3.8) is 0 Å². The summed E-state index contributed by atoms with van der Waals surface area (Å²) in [5.74, 6) is 0. The summed E-state index contributed by atoms with van der Waals surface area (Å²) in [4.78, 5) is 18.2. The molecule has 0 saturated heterocycles. The van der Waals surface area contributed by atoms with Crippen LogP contribution in [0.5, 0.6) is 0 Å². The molecule has 0 atom stereocenters. The fraction of sp³-hybridized carbons (Fsp3) is 1.00. The Morgan fingerprint density at radius 1 is 0.867 bits per heavy atom. The fourth-order valence-corrected chi connectivity index (χ4v) is 1.73. The summed E-state index contributed by atoms with van der Waals surface area (Å²) in [6.07, 6.45) is 0. The summed E-state index contributed by atoms with van der Waals surface area (Å²) in [5.41, 5.74) is 0. The second-order valence-corrected chi connectivity index (χ2v) is 8.95. The molecule has 0 amide bonds. The minimum absolute atomic E-state index is 0.632. The molecule has 0 rings (SSSR count). The molecule has 0 spiro atoms. The molecule has 88 valence electrons. The molecule has 0 aliphatic heterocycles. The number of hydrogen-bond acceptors (Lipinski definition) is 3. The van der Waals surface area contributed by atoms with Crippen LogP contribution in [0.1, 0.15) is 27.7 Å². The Kier molecular flexibility index (Phi) is 25.2. The van der Waals surface area contributed by atoms with Crippen molar-refractivity contribution in [1.82, 2.24) is 0 Å². The van der Waals surface area contributed by atoms with Crippen molar-refractivity contribution in [2.24, 2.45) is 0 Å². The van der Waals surface area contributed by atoms with Gasteiger partial charge in [-0.25, -0.2) is 0 Å². The van der Waals surface area contributed by atoms with E-state index in [4.69, 9.17) is 14.4 Å². The minimum atomic E-state index is -4.14. The van der Waals surface area contributed by atoms with Gasteiger partial charge in [-0.05, 0) is 6.66 Å². The van der Waals surface area contributed by atoms with Crippen LogP contribution in [0.4, 0.5) is 0 Å². The first kappa shape index (κ1) is 21.5. The SMILES string of the molecule is CP(=O)([O-])[O-].C[CH2][Al+][CH2]C.C[CH2][Al+][CH2]C. The molecule has 0 N–H and O–H groups in total. The molecular formula is C9H23Al2O3P. The molecule has 6 heteroatoms. The van der Waals surface area contributed by atoms with Gasteiger partial charge in [-0.15, -0.1) is 0 Å². The van der Waals surface area contributed by atoms with E-state index in [0.717, 1.165) is 30.4 Å². The van der Waals surface area contributed by atoms with Gasteiger partial charge < -0.3 is 14.4 Å². The third kappa shape index (κ3) is 97.7. The molecule has 0 aliphatic rings. The van der Waals surface area contributed by atoms with E-state index in [9.17, 15) is 0 Å². The van der Waals surface area contributed by atoms with Gasteiger partial charge in [0.05, 0.1) is 0 Å². The topological polar surface area (TPSA) is 63.2 Å². The second-order valence-electron chi connectivity index (χ2n) is 2.98. The van der Waals surface area contributed by atoms with Crippen LogP contribution in [0.15, 0.2) is 0 Å². The van der Waals surface area contributed by atoms with Crippen molar-refractivity contribution < 1.29 is 14.4 Å². The predicted molar refractivity (Wildman–Crippen MR) is 67.0 cm³/mol. The van der Waals surface area contributed by atoms with Crippen LogP contribution in [0.2, 0.25) is 21.1 Å². The van der Waals surface area contributed by atoms with E-state index in [1.807, 2.05) is 0 Å². The maximum absolute atomic E-state index is 9.10. The first-order chi connectivity index (χ1) is 6.83. The molecular weight excluding hydrogens is 241 g/mol. The van der Waals surface area contributed by atoms with Crippen LogP contribution in [-0.4, -0.2) is 37.1 Å². The molecule has 0 fully saturated rings. The Bertz CT molecular complexity index is 121. The molecule has 0 aromatic carbocycles. The summed E-state index contributed by atoms with van der Waals surface area (Å²) in [7, 11) is -4.14. The van der Waals surface area contributed by atoms with Crippen molar-refractivity contribution in [2.75, 3.05) is 6.66 Å². The summed E-state index contributed by atoms with van der Waals surface area (Å²) in [6, 6.07) is 0. The van der Waals surface area contributed by atoms with Crippen molar-refractivity contribution in [3.05, 3.63) is 0 Å². The van der Waals surface area contributed by atoms with Gasteiger partial charge in [0.25, 0.3) is 0 Å². The third-order valence-electron chi connectivity index (χ3n) is 1.15. The van der Waals surface area contributed by atoms with Crippen LogP contribution in [-0.2, 0) is 4.57 Å². The van der Waals surface area contributed by atoms with Gasteiger partial charge in [0.1, 0.15) is 0 Å². The molecule has 0 saturated carbocycles. The summed E-state index contributed by atoms with van der Waals surface area (Å²) in [5, 5.41) is 5.71. The maximum atomic E-state index is 9.10. The van der Waals surface area contributed by atoms with E-state index in [-0.39, 0.29) is 0 Å². The Balaban J connectivity index is -0.000000144. The molecule has 0 aromatic heterocycles. The summed E-state index contributed by atoms with van der Waals surface area (Å²) in [6.45, 7) is 9.63. The van der Waals surface area contributed by atoms with Gasteiger partial charge in [-0.1, -0.05) is 7.60 Å². The van der Waals surface area contributed by atoms with Gasteiger partial charge in [0.2, 0.25) is 0 Å². The van der Waals surface area contributed by atoms with E-state index >= 15 is 0 Å². The molecule has 0 bridgehead atoms. The van der Waals surface area contributed by atoms with E-state index in [1.54, 1.807) is 0 Å². The van der Waals surface area contributed by atoms with E-state index in [0.29, 0.717) is 6.66 Å². The second kappa shape index (κ2) is 17.6. The quantitative estimate of drug-likeness (QED) is 0.573. The number of rotatable bonds is 4. The molecule has 15 heavy (non-hydrogen) atoms. The Hall–Kier alpha value is 1.21. The zero-order valence-corrected chi connectivity index (χ0v) is 13.9. The van der Waals surface area contributed by atoms with Gasteiger partial charge in [-0.3, -0.25) is 0 Å². The van der Waals surface area contributed by atoms with Gasteiger partial charge >= 0.3 is 79.3 Å². The van der Waals surface area contributed by atoms with Crippen LogP contribution < -0.4 is 9.79 Å². The molecule has 0 unspecified atom stereocenters. The normalized spacial score (nSPS) is 8.47. The van der Waals surface area contributed by atoms with Crippen LogP contribution in [0.3, 0.4) is 0 Å². The molecule has 0 heterocycles. The molecule has 0 radical (unpaired) electrons. The van der Waals surface area contributed by atoms with Crippen LogP contribution in [0.25, 0.3) is 0 Å². The Morgan fingerprint density at radius 3 is 1.00 bits per heavy atom. The van der Waals surface area contributed by atoms with E-state index in [2.05, 4.69) is 27.7 Å². The zero-order valence-electron chi connectivity index (χ0n) is 10.7. The van der Waals surface area contributed by atoms with Crippen LogP contribution >= 0.6 is 7.60 Å². The van der Waals surface area contributed by atoms with Gasteiger partial charge in [-0.2, -0.15) is 0 Å². The predicted octanol–water partition coefficient (Wildman–Crippen LogP) is 1.66. The standard InChI is InChI=1S/4C2H5.CH5O3P.2Al/c4*1-2;1-5(2,3)4;;/h4*1H2,2H3;1H3,(H2,2,3,4);;/q;;;;;2*+1/p-2. The van der Waals surface area contributed by atoms with Crippen molar-refractivity contribution >= 4 is 38.0 Å². The summed E-state index contributed by atoms with van der Waals surface area (Å²) < 4.78 is 9.10. The Labute approximate surface area is 108 Å². The first-order valence-corrected chi connectivity index (χ1v) is 10.7. The molecule has 3 nitrogen and oxygen atoms in total. The van der Waals surface area contributed by atoms with Crippen LogP contribution in [0, 0.1) is 0 Å². The van der Waals surface area contributed by atoms with Crippen molar-refractivity contribution in [1.29, 1.82) is 0 Å². The number of hydrogen-bond donors (Lipinski definition) is 0. The molecule has 0 aliphatic carbocycles. The van der Waals surface area contributed by atoms with Gasteiger partial charge in [0, 0.05) is 0 Å². The molecule has 0 aromatic rings. The average Bonchev–Trinajstić information content (AvgIpc) is 2.05. The monoisotopic (exact) mass is 264 g/mol. The zero-order chi connectivity index (χ0) is 12.7. The third-order valence-corrected chi connectivity index (χ3v) is 3.46. The first-order valence-electron chi connectivity index (χ1n) is 5.46.